The van der Waals surface area contributed by atoms with Crippen LogP contribution in [0.2, 0.25) is 0 Å². The molecule has 0 bridgehead atoms. The van der Waals surface area contributed by atoms with Crippen molar-refractivity contribution < 1.29 is 12.8 Å². The SMILES string of the molecule is CC1CC(C)CC(NS(=O)(=O)c2ccc(CN)cc2F)C1. The van der Waals surface area contributed by atoms with Gasteiger partial charge >= 0.3 is 0 Å². The monoisotopic (exact) mass is 314 g/mol. The molecule has 1 saturated carbocycles. The van der Waals surface area contributed by atoms with E-state index in [1.807, 2.05) is 0 Å². The summed E-state index contributed by atoms with van der Waals surface area (Å²) in [5, 5.41) is 0. The van der Waals surface area contributed by atoms with Gasteiger partial charge in [-0.05, 0) is 48.8 Å². The van der Waals surface area contributed by atoms with Crippen LogP contribution in [0.1, 0.15) is 38.7 Å². The van der Waals surface area contributed by atoms with Gasteiger partial charge in [0.1, 0.15) is 10.7 Å². The average Bonchev–Trinajstić information content (AvgIpc) is 2.36. The van der Waals surface area contributed by atoms with Crippen LogP contribution in [0.15, 0.2) is 23.1 Å². The molecule has 0 radical (unpaired) electrons. The van der Waals surface area contributed by atoms with Gasteiger partial charge in [-0.2, -0.15) is 0 Å². The third kappa shape index (κ3) is 4.02. The normalized spacial score (nSPS) is 26.8. The minimum absolute atomic E-state index is 0.123. The summed E-state index contributed by atoms with van der Waals surface area (Å²) in [7, 11) is -3.83. The molecule has 2 unspecified atom stereocenters. The summed E-state index contributed by atoms with van der Waals surface area (Å²) in [5.41, 5.74) is 6.00. The molecule has 0 aromatic heterocycles. The highest BCUT2D eigenvalue weighted by atomic mass is 32.2. The lowest BCUT2D eigenvalue weighted by Gasteiger charge is -2.31. The molecule has 2 rings (SSSR count). The molecule has 1 fully saturated rings. The predicted octanol–water partition coefficient (Wildman–Crippen LogP) is 2.39. The molecule has 21 heavy (non-hydrogen) atoms. The van der Waals surface area contributed by atoms with Crippen molar-refractivity contribution >= 4 is 10.0 Å². The Morgan fingerprint density at radius 1 is 1.24 bits per heavy atom. The van der Waals surface area contributed by atoms with Gasteiger partial charge in [-0.3, -0.25) is 0 Å². The lowest BCUT2D eigenvalue weighted by Crippen LogP contribution is -2.40. The highest BCUT2D eigenvalue weighted by Gasteiger charge is 2.29. The van der Waals surface area contributed by atoms with Gasteiger partial charge in [-0.1, -0.05) is 19.9 Å². The Labute approximate surface area is 126 Å². The summed E-state index contributed by atoms with van der Waals surface area (Å²) < 4.78 is 41.3. The fraction of sp³-hybridized carbons (Fsp3) is 0.600. The van der Waals surface area contributed by atoms with E-state index in [1.165, 1.54) is 12.1 Å². The fourth-order valence-electron chi connectivity index (χ4n) is 3.22. The van der Waals surface area contributed by atoms with Gasteiger partial charge in [0.05, 0.1) is 0 Å². The van der Waals surface area contributed by atoms with Crippen LogP contribution in [0, 0.1) is 17.7 Å². The summed E-state index contributed by atoms with van der Waals surface area (Å²) in [6.07, 6.45) is 2.70. The Balaban J connectivity index is 2.18. The second-order valence-corrected chi connectivity index (χ2v) is 7.89. The van der Waals surface area contributed by atoms with Gasteiger partial charge in [-0.15, -0.1) is 0 Å². The third-order valence-corrected chi connectivity index (χ3v) is 5.58. The summed E-state index contributed by atoms with van der Waals surface area (Å²) in [5.74, 6) is 0.208. The molecule has 0 amide bonds. The van der Waals surface area contributed by atoms with Gasteiger partial charge in [0.2, 0.25) is 10.0 Å². The van der Waals surface area contributed by atoms with Crippen molar-refractivity contribution in [3.63, 3.8) is 0 Å². The fourth-order valence-corrected chi connectivity index (χ4v) is 4.54. The molecule has 0 aliphatic heterocycles. The largest absolute Gasteiger partial charge is 0.326 e. The van der Waals surface area contributed by atoms with Gasteiger partial charge in [0, 0.05) is 12.6 Å². The van der Waals surface area contributed by atoms with Crippen molar-refractivity contribution in [3.8, 4) is 0 Å². The van der Waals surface area contributed by atoms with E-state index in [0.717, 1.165) is 19.3 Å². The zero-order chi connectivity index (χ0) is 15.6. The first kappa shape index (κ1) is 16.4. The first-order valence-electron chi connectivity index (χ1n) is 7.32. The van der Waals surface area contributed by atoms with Crippen LogP contribution in [0.4, 0.5) is 4.39 Å². The summed E-state index contributed by atoms with van der Waals surface area (Å²) in [6, 6.07) is 3.89. The number of rotatable bonds is 4. The Morgan fingerprint density at radius 2 is 1.86 bits per heavy atom. The first-order valence-corrected chi connectivity index (χ1v) is 8.81. The van der Waals surface area contributed by atoms with E-state index < -0.39 is 15.8 Å². The molecule has 0 heterocycles. The molecule has 1 aliphatic carbocycles. The van der Waals surface area contributed by atoms with Crippen molar-refractivity contribution in [1.82, 2.24) is 4.72 Å². The number of nitrogens with two attached hydrogens (primary N) is 1. The molecule has 1 aliphatic rings. The van der Waals surface area contributed by atoms with E-state index in [-0.39, 0.29) is 17.5 Å². The molecule has 3 N–H and O–H groups in total. The maximum absolute atomic E-state index is 14.0. The number of benzene rings is 1. The quantitative estimate of drug-likeness (QED) is 0.896. The maximum atomic E-state index is 14.0. The van der Waals surface area contributed by atoms with Crippen molar-refractivity contribution in [2.24, 2.45) is 17.6 Å². The van der Waals surface area contributed by atoms with Crippen LogP contribution in [-0.2, 0) is 16.6 Å². The van der Waals surface area contributed by atoms with E-state index >= 15 is 0 Å². The number of hydrogen-bond acceptors (Lipinski definition) is 3. The van der Waals surface area contributed by atoms with Crippen molar-refractivity contribution in [3.05, 3.63) is 29.6 Å². The summed E-state index contributed by atoms with van der Waals surface area (Å²) >= 11 is 0. The second-order valence-electron chi connectivity index (χ2n) is 6.20. The minimum Gasteiger partial charge on any atom is -0.326 e. The number of sulfonamides is 1. The van der Waals surface area contributed by atoms with Crippen LogP contribution in [0.3, 0.4) is 0 Å². The number of nitrogens with one attached hydrogen (secondary N) is 1. The van der Waals surface area contributed by atoms with Crippen LogP contribution in [-0.4, -0.2) is 14.5 Å². The standard InChI is InChI=1S/C15H23FN2O2S/c1-10-5-11(2)7-13(6-10)18-21(19,20)15-4-3-12(9-17)8-14(15)16/h3-4,8,10-11,13,18H,5-7,9,17H2,1-2H3. The zero-order valence-electron chi connectivity index (χ0n) is 12.5. The molecule has 118 valence electrons. The van der Waals surface area contributed by atoms with Crippen LogP contribution in [0.5, 0.6) is 0 Å². The van der Waals surface area contributed by atoms with Gasteiger partial charge in [0.25, 0.3) is 0 Å². The molecule has 2 atom stereocenters. The molecule has 1 aromatic carbocycles. The lowest BCUT2D eigenvalue weighted by molar-refractivity contribution is 0.257. The van der Waals surface area contributed by atoms with E-state index in [1.54, 1.807) is 6.07 Å². The number of hydrogen-bond donors (Lipinski definition) is 2. The van der Waals surface area contributed by atoms with Crippen molar-refractivity contribution in [2.45, 2.75) is 50.6 Å². The van der Waals surface area contributed by atoms with E-state index in [2.05, 4.69) is 18.6 Å². The lowest BCUT2D eigenvalue weighted by atomic mass is 9.81. The van der Waals surface area contributed by atoms with Gasteiger partial charge < -0.3 is 5.73 Å². The molecule has 0 saturated heterocycles. The molecule has 1 aromatic rings. The smallest absolute Gasteiger partial charge is 0.243 e. The second kappa shape index (κ2) is 6.42. The average molecular weight is 314 g/mol. The highest BCUT2D eigenvalue weighted by Crippen LogP contribution is 2.29. The van der Waals surface area contributed by atoms with Gasteiger partial charge in [0.15, 0.2) is 0 Å². The van der Waals surface area contributed by atoms with E-state index in [0.29, 0.717) is 17.4 Å². The Bertz CT molecular complexity index is 594. The summed E-state index contributed by atoms with van der Waals surface area (Å²) in [4.78, 5) is -0.300. The van der Waals surface area contributed by atoms with E-state index in [9.17, 15) is 12.8 Å². The maximum Gasteiger partial charge on any atom is 0.243 e. The summed E-state index contributed by atoms with van der Waals surface area (Å²) in [6.45, 7) is 4.42. The van der Waals surface area contributed by atoms with E-state index in [4.69, 9.17) is 5.73 Å². The highest BCUT2D eigenvalue weighted by molar-refractivity contribution is 7.89. The van der Waals surface area contributed by atoms with Crippen molar-refractivity contribution in [1.29, 1.82) is 0 Å². The minimum atomic E-state index is -3.83. The predicted molar refractivity (Wildman–Crippen MR) is 80.6 cm³/mol. The number of halogens is 1. The topological polar surface area (TPSA) is 72.2 Å². The molecule has 0 spiro atoms. The molecular weight excluding hydrogens is 291 g/mol. The zero-order valence-corrected chi connectivity index (χ0v) is 13.3. The molecule has 4 nitrogen and oxygen atoms in total. The molecule has 6 heteroatoms. The Morgan fingerprint density at radius 3 is 2.38 bits per heavy atom. The first-order chi connectivity index (χ1) is 9.81. The van der Waals surface area contributed by atoms with Crippen LogP contribution >= 0.6 is 0 Å². The Hall–Kier alpha value is -0.980. The van der Waals surface area contributed by atoms with Crippen LogP contribution in [0.25, 0.3) is 0 Å². The Kier molecular flexibility index (Phi) is 5.01. The van der Waals surface area contributed by atoms with Gasteiger partial charge in [-0.25, -0.2) is 17.5 Å². The molecular formula is C15H23FN2O2S. The third-order valence-electron chi connectivity index (χ3n) is 4.02. The van der Waals surface area contributed by atoms with Crippen molar-refractivity contribution in [2.75, 3.05) is 0 Å². The van der Waals surface area contributed by atoms with Crippen LogP contribution < -0.4 is 10.5 Å².